The molecule has 0 aromatic heterocycles. The van der Waals surface area contributed by atoms with Crippen LogP contribution >= 0.6 is 31.9 Å². The minimum absolute atomic E-state index is 0.838. The predicted molar refractivity (Wildman–Crippen MR) is 53.3 cm³/mol. The Bertz CT molecular complexity index is 226. The molecule has 1 nitrogen and oxygen atoms in total. The van der Waals surface area contributed by atoms with Gasteiger partial charge in [0.2, 0.25) is 0 Å². The number of methoxy groups -OCH3 is 1. The summed E-state index contributed by atoms with van der Waals surface area (Å²) in [5.41, 5.74) is 1.20. The zero-order valence-corrected chi connectivity index (χ0v) is 9.28. The molecule has 1 aromatic rings. The molecule has 0 fully saturated rings. The number of alkyl halides is 1. The molecule has 11 heavy (non-hydrogen) atoms. The Kier molecular flexibility index (Phi) is 3.40. The van der Waals surface area contributed by atoms with E-state index in [1.165, 1.54) is 5.56 Å². The lowest BCUT2D eigenvalue weighted by molar-refractivity contribution is 0.411. The molecule has 1 aromatic carbocycles. The van der Waals surface area contributed by atoms with Gasteiger partial charge in [0.15, 0.2) is 0 Å². The van der Waals surface area contributed by atoms with Crippen molar-refractivity contribution in [3.8, 4) is 5.75 Å². The summed E-state index contributed by atoms with van der Waals surface area (Å²) in [4.78, 5) is 0. The van der Waals surface area contributed by atoms with Gasteiger partial charge in [-0.05, 0) is 27.6 Å². The normalized spacial score (nSPS) is 9.73. The lowest BCUT2D eigenvalue weighted by Gasteiger charge is -2.05. The Hall–Kier alpha value is -0.0200. The van der Waals surface area contributed by atoms with Crippen LogP contribution in [0.25, 0.3) is 0 Å². The van der Waals surface area contributed by atoms with E-state index in [0.29, 0.717) is 0 Å². The molecule has 0 aliphatic carbocycles. The molecular weight excluding hydrogens is 272 g/mol. The average Bonchev–Trinajstić information content (AvgIpc) is 2.05. The smallest absolute Gasteiger partial charge is 0.133 e. The van der Waals surface area contributed by atoms with Crippen molar-refractivity contribution in [2.24, 2.45) is 0 Å². The Morgan fingerprint density at radius 1 is 1.45 bits per heavy atom. The number of ether oxygens (including phenoxy) is 1. The highest BCUT2D eigenvalue weighted by Crippen LogP contribution is 2.29. The zero-order valence-electron chi connectivity index (χ0n) is 6.10. The summed E-state index contributed by atoms with van der Waals surface area (Å²) >= 11 is 6.83. The summed E-state index contributed by atoms with van der Waals surface area (Å²) in [6.45, 7) is 0. The van der Waals surface area contributed by atoms with Crippen molar-refractivity contribution in [1.82, 2.24) is 0 Å². The third-order valence-electron chi connectivity index (χ3n) is 1.41. The molecule has 0 amide bonds. The minimum atomic E-state index is 0.838. The molecule has 0 atom stereocenters. The molecule has 0 aliphatic rings. The first-order valence-electron chi connectivity index (χ1n) is 3.17. The third-order valence-corrected chi connectivity index (χ3v) is 2.91. The third kappa shape index (κ3) is 1.97. The largest absolute Gasteiger partial charge is 0.496 e. The summed E-state index contributed by atoms with van der Waals surface area (Å²) in [7, 11) is 1.66. The van der Waals surface area contributed by atoms with Crippen molar-refractivity contribution in [2.75, 3.05) is 7.11 Å². The lowest BCUT2D eigenvalue weighted by atomic mass is 10.2. The summed E-state index contributed by atoms with van der Waals surface area (Å²) in [6.07, 6.45) is 0. The number of rotatable bonds is 2. The van der Waals surface area contributed by atoms with Crippen LogP contribution in [0.3, 0.4) is 0 Å². The standard InChI is InChI=1S/C8H8Br2O/c1-11-7-4-2-3-6(5-9)8(7)10/h2-4H,5H2,1H3. The van der Waals surface area contributed by atoms with Crippen LogP contribution in [-0.2, 0) is 5.33 Å². The first-order chi connectivity index (χ1) is 5.29. The van der Waals surface area contributed by atoms with Gasteiger partial charge in [-0.15, -0.1) is 0 Å². The zero-order chi connectivity index (χ0) is 8.27. The lowest BCUT2D eigenvalue weighted by Crippen LogP contribution is -1.87. The maximum atomic E-state index is 5.12. The summed E-state index contributed by atoms with van der Waals surface area (Å²) in [5.74, 6) is 0.877. The van der Waals surface area contributed by atoms with Gasteiger partial charge >= 0.3 is 0 Å². The fourth-order valence-electron chi connectivity index (χ4n) is 0.817. The Balaban J connectivity index is 3.10. The molecule has 0 N–H and O–H groups in total. The van der Waals surface area contributed by atoms with Crippen LogP contribution in [0.5, 0.6) is 5.75 Å². The Labute approximate surface area is 83.0 Å². The molecule has 0 heterocycles. The van der Waals surface area contributed by atoms with E-state index < -0.39 is 0 Å². The van der Waals surface area contributed by atoms with Crippen LogP contribution in [0, 0.1) is 0 Å². The maximum absolute atomic E-state index is 5.12. The van der Waals surface area contributed by atoms with E-state index in [2.05, 4.69) is 31.9 Å². The van der Waals surface area contributed by atoms with Crippen LogP contribution < -0.4 is 4.74 Å². The van der Waals surface area contributed by atoms with Crippen molar-refractivity contribution in [3.05, 3.63) is 28.2 Å². The summed E-state index contributed by atoms with van der Waals surface area (Å²) in [5, 5.41) is 0.838. The van der Waals surface area contributed by atoms with Gasteiger partial charge in [-0.25, -0.2) is 0 Å². The maximum Gasteiger partial charge on any atom is 0.133 e. The van der Waals surface area contributed by atoms with Crippen LogP contribution in [0.2, 0.25) is 0 Å². The van der Waals surface area contributed by atoms with E-state index in [0.717, 1.165) is 15.6 Å². The SMILES string of the molecule is COc1cccc(CBr)c1Br. The molecule has 0 saturated carbocycles. The molecule has 3 heteroatoms. The average molecular weight is 280 g/mol. The minimum Gasteiger partial charge on any atom is -0.496 e. The fourth-order valence-corrected chi connectivity index (χ4v) is 2.23. The molecule has 1 rings (SSSR count). The second kappa shape index (κ2) is 4.12. The Morgan fingerprint density at radius 3 is 2.73 bits per heavy atom. The van der Waals surface area contributed by atoms with E-state index in [1.807, 2.05) is 18.2 Å². The molecule has 0 bridgehead atoms. The molecule has 0 radical (unpaired) electrons. The highest BCUT2D eigenvalue weighted by atomic mass is 79.9. The second-order valence-electron chi connectivity index (χ2n) is 2.07. The van der Waals surface area contributed by atoms with Crippen LogP contribution in [-0.4, -0.2) is 7.11 Å². The predicted octanol–water partition coefficient (Wildman–Crippen LogP) is 3.35. The summed E-state index contributed by atoms with van der Waals surface area (Å²) in [6, 6.07) is 5.94. The van der Waals surface area contributed by atoms with Gasteiger partial charge < -0.3 is 4.74 Å². The van der Waals surface area contributed by atoms with E-state index in [-0.39, 0.29) is 0 Å². The molecular formula is C8H8Br2O. The van der Waals surface area contributed by atoms with Crippen molar-refractivity contribution in [1.29, 1.82) is 0 Å². The summed E-state index contributed by atoms with van der Waals surface area (Å²) < 4.78 is 6.15. The molecule has 0 aliphatic heterocycles. The van der Waals surface area contributed by atoms with Gasteiger partial charge in [-0.2, -0.15) is 0 Å². The number of hydrogen-bond donors (Lipinski definition) is 0. The highest BCUT2D eigenvalue weighted by Gasteiger charge is 2.02. The Morgan fingerprint density at radius 2 is 2.18 bits per heavy atom. The van der Waals surface area contributed by atoms with Crippen LogP contribution in [0.15, 0.2) is 22.7 Å². The molecule has 0 unspecified atom stereocenters. The van der Waals surface area contributed by atoms with Crippen molar-refractivity contribution >= 4 is 31.9 Å². The topological polar surface area (TPSA) is 9.23 Å². The van der Waals surface area contributed by atoms with Crippen LogP contribution in [0.4, 0.5) is 0 Å². The first-order valence-corrected chi connectivity index (χ1v) is 5.08. The van der Waals surface area contributed by atoms with Gasteiger partial charge in [-0.1, -0.05) is 28.1 Å². The first kappa shape index (κ1) is 9.07. The number of hydrogen-bond acceptors (Lipinski definition) is 1. The van der Waals surface area contributed by atoms with Crippen molar-refractivity contribution in [3.63, 3.8) is 0 Å². The van der Waals surface area contributed by atoms with E-state index in [9.17, 15) is 0 Å². The number of halogens is 2. The highest BCUT2D eigenvalue weighted by molar-refractivity contribution is 9.11. The molecule has 0 spiro atoms. The number of benzene rings is 1. The van der Waals surface area contributed by atoms with Gasteiger partial charge in [0, 0.05) is 5.33 Å². The quantitative estimate of drug-likeness (QED) is 0.755. The monoisotopic (exact) mass is 278 g/mol. The van der Waals surface area contributed by atoms with Crippen molar-refractivity contribution < 1.29 is 4.74 Å². The van der Waals surface area contributed by atoms with E-state index in [1.54, 1.807) is 7.11 Å². The van der Waals surface area contributed by atoms with Crippen LogP contribution in [0.1, 0.15) is 5.56 Å². The van der Waals surface area contributed by atoms with E-state index >= 15 is 0 Å². The second-order valence-corrected chi connectivity index (χ2v) is 3.42. The van der Waals surface area contributed by atoms with Gasteiger partial charge in [0.05, 0.1) is 11.6 Å². The van der Waals surface area contributed by atoms with Gasteiger partial charge in [-0.3, -0.25) is 0 Å². The molecule has 0 saturated heterocycles. The van der Waals surface area contributed by atoms with Gasteiger partial charge in [0.1, 0.15) is 5.75 Å². The van der Waals surface area contributed by atoms with Gasteiger partial charge in [0.25, 0.3) is 0 Å². The fraction of sp³-hybridized carbons (Fsp3) is 0.250. The van der Waals surface area contributed by atoms with Crippen molar-refractivity contribution in [2.45, 2.75) is 5.33 Å². The van der Waals surface area contributed by atoms with E-state index in [4.69, 9.17) is 4.74 Å². The molecule has 60 valence electrons.